The Labute approximate surface area is 163 Å². The Morgan fingerprint density at radius 2 is 1.67 bits per heavy atom. The summed E-state index contributed by atoms with van der Waals surface area (Å²) in [6.07, 6.45) is 10.1. The number of fused-ring (bicyclic) bond motifs is 2. The molecule has 2 atom stereocenters. The van der Waals surface area contributed by atoms with Crippen LogP contribution in [0.1, 0.15) is 76.7 Å². The number of nitrogens with zero attached hydrogens (tertiary/aromatic N) is 1. The third-order valence-electron chi connectivity index (χ3n) is 6.13. The molecule has 4 heteroatoms. The van der Waals surface area contributed by atoms with E-state index in [1.165, 1.54) is 19.3 Å². The van der Waals surface area contributed by atoms with E-state index in [0.717, 1.165) is 44.1 Å². The predicted molar refractivity (Wildman–Crippen MR) is 106 cm³/mol. The summed E-state index contributed by atoms with van der Waals surface area (Å²) < 4.78 is 5.55. The highest BCUT2D eigenvalue weighted by Crippen LogP contribution is 2.40. The van der Waals surface area contributed by atoms with Crippen molar-refractivity contribution >= 4 is 11.9 Å². The second-order valence-corrected chi connectivity index (χ2v) is 8.13. The molecule has 0 N–H and O–H groups in total. The molecule has 2 bridgehead atoms. The van der Waals surface area contributed by atoms with Gasteiger partial charge >= 0.3 is 6.09 Å². The van der Waals surface area contributed by atoms with Gasteiger partial charge in [0.2, 0.25) is 0 Å². The summed E-state index contributed by atoms with van der Waals surface area (Å²) >= 11 is 0. The van der Waals surface area contributed by atoms with E-state index in [1.54, 1.807) is 0 Å². The minimum Gasteiger partial charge on any atom is -0.445 e. The van der Waals surface area contributed by atoms with Crippen LogP contribution >= 0.6 is 0 Å². The smallest absolute Gasteiger partial charge is 0.410 e. The van der Waals surface area contributed by atoms with Crippen LogP contribution in [0.5, 0.6) is 0 Å². The fourth-order valence-corrected chi connectivity index (χ4v) is 4.64. The predicted octanol–water partition coefficient (Wildman–Crippen LogP) is 5.50. The van der Waals surface area contributed by atoms with Crippen molar-refractivity contribution in [3.05, 3.63) is 35.9 Å². The van der Waals surface area contributed by atoms with Crippen LogP contribution in [0, 0.1) is 5.92 Å². The van der Waals surface area contributed by atoms with Crippen LogP contribution in [-0.2, 0) is 16.1 Å². The highest BCUT2D eigenvalue weighted by molar-refractivity contribution is 5.81. The second kappa shape index (κ2) is 9.91. The number of unbranched alkanes of at least 4 members (excludes halogenated alkanes) is 4. The van der Waals surface area contributed by atoms with Gasteiger partial charge in [-0.1, -0.05) is 62.9 Å². The maximum atomic E-state index is 12.6. The number of benzene rings is 1. The zero-order chi connectivity index (χ0) is 19.1. The van der Waals surface area contributed by atoms with E-state index in [1.807, 2.05) is 35.2 Å². The van der Waals surface area contributed by atoms with E-state index >= 15 is 0 Å². The number of ether oxygens (including phenoxy) is 1. The average Bonchev–Trinajstić information content (AvgIpc) is 2.96. The molecule has 0 radical (unpaired) electrons. The Balaban J connectivity index is 1.45. The summed E-state index contributed by atoms with van der Waals surface area (Å²) in [5, 5.41) is 0. The molecular weight excluding hydrogens is 338 g/mol. The van der Waals surface area contributed by atoms with Gasteiger partial charge in [-0.25, -0.2) is 4.79 Å². The van der Waals surface area contributed by atoms with Crippen molar-refractivity contribution in [3.63, 3.8) is 0 Å². The van der Waals surface area contributed by atoms with Gasteiger partial charge in [0.15, 0.2) is 0 Å². The summed E-state index contributed by atoms with van der Waals surface area (Å²) in [5.41, 5.74) is 1.01. The van der Waals surface area contributed by atoms with Gasteiger partial charge in [-0.3, -0.25) is 4.79 Å². The largest absolute Gasteiger partial charge is 0.445 e. The first-order chi connectivity index (χ1) is 13.2. The average molecular weight is 372 g/mol. The van der Waals surface area contributed by atoms with Gasteiger partial charge < -0.3 is 9.64 Å². The summed E-state index contributed by atoms with van der Waals surface area (Å²) in [4.78, 5) is 27.1. The van der Waals surface area contributed by atoms with Crippen LogP contribution in [0.4, 0.5) is 4.79 Å². The molecule has 1 aromatic rings. The quantitative estimate of drug-likeness (QED) is 0.539. The van der Waals surface area contributed by atoms with Crippen molar-refractivity contribution in [2.75, 3.05) is 0 Å². The lowest BCUT2D eigenvalue weighted by atomic mass is 9.85. The zero-order valence-electron chi connectivity index (χ0n) is 16.6. The lowest BCUT2D eigenvalue weighted by molar-refractivity contribution is -0.125. The number of piperidine rings is 1. The molecule has 0 aliphatic carbocycles. The number of ketones is 1. The SMILES string of the molecule is CCCCCCCC(=O)C1CC2CCC(C1)N2C(=O)OCc1ccccc1. The van der Waals surface area contributed by atoms with Crippen molar-refractivity contribution < 1.29 is 14.3 Å². The van der Waals surface area contributed by atoms with Gasteiger partial charge in [-0.05, 0) is 37.7 Å². The van der Waals surface area contributed by atoms with E-state index in [4.69, 9.17) is 4.74 Å². The summed E-state index contributed by atoms with van der Waals surface area (Å²) in [5.74, 6) is 0.563. The van der Waals surface area contributed by atoms with E-state index in [0.29, 0.717) is 18.8 Å². The van der Waals surface area contributed by atoms with Gasteiger partial charge in [0, 0.05) is 24.4 Å². The molecule has 1 amide bonds. The van der Waals surface area contributed by atoms with Crippen molar-refractivity contribution in [3.8, 4) is 0 Å². The third kappa shape index (κ3) is 5.33. The first-order valence-corrected chi connectivity index (χ1v) is 10.7. The van der Waals surface area contributed by atoms with Crippen LogP contribution in [0.3, 0.4) is 0 Å². The van der Waals surface area contributed by atoms with E-state index in [2.05, 4.69) is 6.92 Å². The van der Waals surface area contributed by atoms with E-state index in [9.17, 15) is 9.59 Å². The molecule has 2 unspecified atom stereocenters. The second-order valence-electron chi connectivity index (χ2n) is 8.13. The van der Waals surface area contributed by atoms with Gasteiger partial charge in [0.05, 0.1) is 0 Å². The molecule has 1 aromatic carbocycles. The number of carbonyl (C=O) groups excluding carboxylic acids is 2. The molecule has 0 saturated carbocycles. The molecule has 2 aliphatic rings. The van der Waals surface area contributed by atoms with E-state index in [-0.39, 0.29) is 24.1 Å². The highest BCUT2D eigenvalue weighted by atomic mass is 16.6. The fourth-order valence-electron chi connectivity index (χ4n) is 4.64. The minimum atomic E-state index is -0.211. The van der Waals surface area contributed by atoms with Crippen molar-refractivity contribution in [2.24, 2.45) is 5.92 Å². The topological polar surface area (TPSA) is 46.6 Å². The molecule has 2 heterocycles. The van der Waals surface area contributed by atoms with Crippen molar-refractivity contribution in [1.82, 2.24) is 4.90 Å². The summed E-state index contributed by atoms with van der Waals surface area (Å²) in [7, 11) is 0. The molecule has 148 valence electrons. The monoisotopic (exact) mass is 371 g/mol. The number of amides is 1. The molecule has 27 heavy (non-hydrogen) atoms. The molecule has 0 spiro atoms. The molecular formula is C23H33NO3. The molecule has 0 aromatic heterocycles. The van der Waals surface area contributed by atoms with E-state index < -0.39 is 0 Å². The molecule has 3 rings (SSSR count). The molecule has 2 fully saturated rings. The summed E-state index contributed by atoms with van der Waals surface area (Å²) in [6, 6.07) is 10.2. The number of carbonyl (C=O) groups is 2. The van der Waals surface area contributed by atoms with Crippen LogP contribution < -0.4 is 0 Å². The standard InChI is InChI=1S/C23H33NO3/c1-2-3-4-5-9-12-22(25)19-15-20-13-14-21(16-19)24(20)23(26)27-17-18-10-7-6-8-11-18/h6-8,10-11,19-21H,2-5,9,12-17H2,1H3. The first kappa shape index (κ1) is 19.9. The highest BCUT2D eigenvalue weighted by Gasteiger charge is 2.45. The molecule has 2 aliphatic heterocycles. The van der Waals surface area contributed by atoms with Crippen LogP contribution in [0.15, 0.2) is 30.3 Å². The van der Waals surface area contributed by atoms with Crippen LogP contribution in [0.2, 0.25) is 0 Å². The number of hydrogen-bond donors (Lipinski definition) is 0. The van der Waals surface area contributed by atoms with Gasteiger partial charge in [0.1, 0.15) is 12.4 Å². The molecule has 2 saturated heterocycles. The Kier molecular flexibility index (Phi) is 7.31. The Bertz CT molecular complexity index is 601. The van der Waals surface area contributed by atoms with Crippen LogP contribution in [-0.4, -0.2) is 28.9 Å². The number of hydrogen-bond acceptors (Lipinski definition) is 3. The Hall–Kier alpha value is -1.84. The summed E-state index contributed by atoms with van der Waals surface area (Å²) in [6.45, 7) is 2.52. The van der Waals surface area contributed by atoms with Crippen molar-refractivity contribution in [1.29, 1.82) is 0 Å². The Morgan fingerprint density at radius 1 is 1.00 bits per heavy atom. The van der Waals surface area contributed by atoms with Gasteiger partial charge in [-0.15, -0.1) is 0 Å². The van der Waals surface area contributed by atoms with Gasteiger partial charge in [-0.2, -0.15) is 0 Å². The number of rotatable bonds is 9. The van der Waals surface area contributed by atoms with Gasteiger partial charge in [0.25, 0.3) is 0 Å². The lowest BCUT2D eigenvalue weighted by Gasteiger charge is -2.37. The maximum absolute atomic E-state index is 12.6. The van der Waals surface area contributed by atoms with Crippen LogP contribution in [0.25, 0.3) is 0 Å². The van der Waals surface area contributed by atoms with Crippen molar-refractivity contribution in [2.45, 2.75) is 89.8 Å². The zero-order valence-corrected chi connectivity index (χ0v) is 16.6. The normalized spacial score (nSPS) is 24.0. The minimum absolute atomic E-state index is 0.145. The third-order valence-corrected chi connectivity index (χ3v) is 6.13. The lowest BCUT2D eigenvalue weighted by Crippen LogP contribution is -2.48. The first-order valence-electron chi connectivity index (χ1n) is 10.7. The fraction of sp³-hybridized carbons (Fsp3) is 0.652. The Morgan fingerprint density at radius 3 is 2.33 bits per heavy atom. The maximum Gasteiger partial charge on any atom is 0.410 e. The molecule has 4 nitrogen and oxygen atoms in total. The number of Topliss-reactive ketones (excluding diaryl/α,β-unsaturated/α-hetero) is 1.